The highest BCUT2D eigenvalue weighted by Crippen LogP contribution is 2.05. The second kappa shape index (κ2) is 6.13. The van der Waals surface area contributed by atoms with E-state index in [2.05, 4.69) is 13.2 Å². The molecule has 0 unspecified atom stereocenters. The summed E-state index contributed by atoms with van der Waals surface area (Å²) in [6.07, 6.45) is 3.82. The quantitative estimate of drug-likeness (QED) is 0.568. The predicted molar refractivity (Wildman–Crippen MR) is 46.3 cm³/mol. The Bertz CT molecular complexity index is 107. The van der Waals surface area contributed by atoms with Gasteiger partial charge in [-0.2, -0.15) is 0 Å². The van der Waals surface area contributed by atoms with E-state index in [9.17, 15) is 10.2 Å². The lowest BCUT2D eigenvalue weighted by Crippen LogP contribution is -2.16. The fraction of sp³-hybridized carbons (Fsp3) is 0.556. The maximum Gasteiger partial charge on any atom is 0.0599 e. The van der Waals surface area contributed by atoms with Crippen LogP contribution < -0.4 is 0 Å². The Hall–Kier alpha value is -0.600. The zero-order valence-corrected chi connectivity index (χ0v) is 6.74. The minimum atomic E-state index is -0.470. The normalized spacial score (nSPS) is 15.5. The van der Waals surface area contributed by atoms with Gasteiger partial charge in [0.15, 0.2) is 0 Å². The summed E-state index contributed by atoms with van der Waals surface area (Å²) < 4.78 is 0. The van der Waals surface area contributed by atoms with Crippen molar-refractivity contribution in [1.82, 2.24) is 0 Å². The highest BCUT2D eigenvalue weighted by atomic mass is 16.3. The average molecular weight is 156 g/mol. The average Bonchev–Trinajstić information content (AvgIpc) is 1.87. The van der Waals surface area contributed by atoms with E-state index in [4.69, 9.17) is 0 Å². The van der Waals surface area contributed by atoms with Gasteiger partial charge >= 0.3 is 0 Å². The van der Waals surface area contributed by atoms with Gasteiger partial charge in [-0.15, -0.1) is 13.2 Å². The molecule has 0 aromatic rings. The van der Waals surface area contributed by atoms with Crippen molar-refractivity contribution in [2.45, 2.75) is 31.5 Å². The lowest BCUT2D eigenvalue weighted by atomic mass is 10.1. The van der Waals surface area contributed by atoms with Gasteiger partial charge < -0.3 is 10.2 Å². The Morgan fingerprint density at radius 3 is 1.64 bits per heavy atom. The van der Waals surface area contributed by atoms with E-state index in [1.165, 1.54) is 0 Å². The molecule has 2 heteroatoms. The topological polar surface area (TPSA) is 40.5 Å². The molecule has 0 rings (SSSR count). The van der Waals surface area contributed by atoms with E-state index in [-0.39, 0.29) is 0 Å². The van der Waals surface area contributed by atoms with Crippen molar-refractivity contribution in [3.05, 3.63) is 25.3 Å². The van der Waals surface area contributed by atoms with Crippen LogP contribution in [0.1, 0.15) is 19.3 Å². The summed E-state index contributed by atoms with van der Waals surface area (Å²) in [7, 11) is 0. The first kappa shape index (κ1) is 10.4. The van der Waals surface area contributed by atoms with E-state index < -0.39 is 12.2 Å². The van der Waals surface area contributed by atoms with Crippen molar-refractivity contribution in [3.8, 4) is 0 Å². The second-order valence-electron chi connectivity index (χ2n) is 2.59. The third-order valence-electron chi connectivity index (χ3n) is 1.42. The van der Waals surface area contributed by atoms with Crippen molar-refractivity contribution >= 4 is 0 Å². The van der Waals surface area contributed by atoms with Crippen molar-refractivity contribution < 1.29 is 10.2 Å². The standard InChI is InChI=1S/C9H16O2/c1-3-5-8(10)7-9(11)6-4-2/h3-4,8-11H,1-2,5-7H2/t8-,9-/m0/s1. The van der Waals surface area contributed by atoms with Gasteiger partial charge in [0, 0.05) is 0 Å². The monoisotopic (exact) mass is 156 g/mol. The molecule has 0 radical (unpaired) electrons. The second-order valence-corrected chi connectivity index (χ2v) is 2.59. The molecule has 0 aromatic carbocycles. The molecule has 0 fully saturated rings. The highest BCUT2D eigenvalue weighted by Gasteiger charge is 2.08. The molecule has 0 aliphatic rings. The number of rotatable bonds is 6. The van der Waals surface area contributed by atoms with Crippen LogP contribution in [-0.2, 0) is 0 Å². The lowest BCUT2D eigenvalue weighted by Gasteiger charge is -2.11. The fourth-order valence-electron chi connectivity index (χ4n) is 0.891. The summed E-state index contributed by atoms with van der Waals surface area (Å²) in [4.78, 5) is 0. The number of hydrogen-bond donors (Lipinski definition) is 2. The molecule has 0 aliphatic heterocycles. The van der Waals surface area contributed by atoms with Crippen molar-refractivity contribution in [2.24, 2.45) is 0 Å². The summed E-state index contributed by atoms with van der Waals surface area (Å²) >= 11 is 0. The van der Waals surface area contributed by atoms with E-state index in [0.29, 0.717) is 19.3 Å². The minimum absolute atomic E-state index is 0.401. The first-order valence-electron chi connectivity index (χ1n) is 3.78. The van der Waals surface area contributed by atoms with Gasteiger partial charge in [-0.3, -0.25) is 0 Å². The molecule has 0 bridgehead atoms. The number of aliphatic hydroxyl groups is 2. The molecule has 2 nitrogen and oxygen atoms in total. The van der Waals surface area contributed by atoms with Gasteiger partial charge in [-0.1, -0.05) is 12.2 Å². The Labute approximate surface area is 67.9 Å². The summed E-state index contributed by atoms with van der Waals surface area (Å²) in [5, 5.41) is 18.4. The van der Waals surface area contributed by atoms with Gasteiger partial charge in [0.05, 0.1) is 12.2 Å². The summed E-state index contributed by atoms with van der Waals surface area (Å²) in [5.74, 6) is 0. The molecular formula is C9H16O2. The first-order valence-corrected chi connectivity index (χ1v) is 3.78. The van der Waals surface area contributed by atoms with Crippen LogP contribution in [0.5, 0.6) is 0 Å². The smallest absolute Gasteiger partial charge is 0.0599 e. The van der Waals surface area contributed by atoms with Crippen molar-refractivity contribution in [3.63, 3.8) is 0 Å². The molecule has 0 amide bonds. The third kappa shape index (κ3) is 5.83. The summed E-state index contributed by atoms with van der Waals surface area (Å²) in [6, 6.07) is 0. The molecule has 0 aromatic heterocycles. The maximum absolute atomic E-state index is 9.18. The van der Waals surface area contributed by atoms with E-state index >= 15 is 0 Å². The molecule has 64 valence electrons. The van der Waals surface area contributed by atoms with Gasteiger partial charge in [0.1, 0.15) is 0 Å². The van der Waals surface area contributed by atoms with Crippen LogP contribution in [0.25, 0.3) is 0 Å². The largest absolute Gasteiger partial charge is 0.393 e. The SMILES string of the molecule is C=CC[C@H](O)C[C@@H](O)CC=C. The molecule has 0 saturated carbocycles. The third-order valence-corrected chi connectivity index (χ3v) is 1.42. The van der Waals surface area contributed by atoms with Crippen molar-refractivity contribution in [1.29, 1.82) is 0 Å². The maximum atomic E-state index is 9.18. The molecule has 0 aliphatic carbocycles. The van der Waals surface area contributed by atoms with E-state index in [1.807, 2.05) is 0 Å². The van der Waals surface area contributed by atoms with Crippen LogP contribution in [0.3, 0.4) is 0 Å². The number of aliphatic hydroxyl groups excluding tert-OH is 2. The fourth-order valence-corrected chi connectivity index (χ4v) is 0.891. The minimum Gasteiger partial charge on any atom is -0.393 e. The van der Waals surface area contributed by atoms with Crippen LogP contribution in [0.15, 0.2) is 25.3 Å². The van der Waals surface area contributed by atoms with Gasteiger partial charge in [-0.25, -0.2) is 0 Å². The Morgan fingerprint density at radius 2 is 1.36 bits per heavy atom. The molecule has 2 atom stereocenters. The van der Waals surface area contributed by atoms with Crippen LogP contribution in [0.4, 0.5) is 0 Å². The van der Waals surface area contributed by atoms with Gasteiger partial charge in [0.25, 0.3) is 0 Å². The van der Waals surface area contributed by atoms with Crippen molar-refractivity contribution in [2.75, 3.05) is 0 Å². The first-order chi connectivity index (χ1) is 5.20. The molecule has 0 heterocycles. The van der Waals surface area contributed by atoms with Crippen LogP contribution in [0, 0.1) is 0 Å². The highest BCUT2D eigenvalue weighted by molar-refractivity contribution is 4.78. The molecule has 2 N–H and O–H groups in total. The Kier molecular flexibility index (Phi) is 5.80. The van der Waals surface area contributed by atoms with Crippen LogP contribution in [0.2, 0.25) is 0 Å². The zero-order chi connectivity index (χ0) is 8.69. The van der Waals surface area contributed by atoms with E-state index in [0.717, 1.165) is 0 Å². The molecule has 11 heavy (non-hydrogen) atoms. The van der Waals surface area contributed by atoms with Crippen LogP contribution >= 0.6 is 0 Å². The number of hydrogen-bond acceptors (Lipinski definition) is 2. The predicted octanol–water partition coefficient (Wildman–Crippen LogP) is 1.25. The van der Waals surface area contributed by atoms with Crippen LogP contribution in [-0.4, -0.2) is 22.4 Å². The Morgan fingerprint density at radius 1 is 1.00 bits per heavy atom. The zero-order valence-electron chi connectivity index (χ0n) is 6.74. The van der Waals surface area contributed by atoms with Gasteiger partial charge in [0.2, 0.25) is 0 Å². The summed E-state index contributed by atoms with van der Waals surface area (Å²) in [6.45, 7) is 6.98. The lowest BCUT2D eigenvalue weighted by molar-refractivity contribution is 0.0840. The van der Waals surface area contributed by atoms with E-state index in [1.54, 1.807) is 12.2 Å². The molecule has 0 saturated heterocycles. The molecular weight excluding hydrogens is 140 g/mol. The summed E-state index contributed by atoms with van der Waals surface area (Å²) in [5.41, 5.74) is 0. The van der Waals surface area contributed by atoms with Gasteiger partial charge in [-0.05, 0) is 19.3 Å². The molecule has 0 spiro atoms. The Balaban J connectivity index is 3.46.